The van der Waals surface area contributed by atoms with Gasteiger partial charge in [0.15, 0.2) is 5.78 Å². The van der Waals surface area contributed by atoms with Crippen LogP contribution < -0.4 is 5.32 Å². The highest BCUT2D eigenvalue weighted by Crippen LogP contribution is 2.25. The van der Waals surface area contributed by atoms with Crippen LogP contribution in [0.3, 0.4) is 0 Å². The Morgan fingerprint density at radius 2 is 1.52 bits per heavy atom. The van der Waals surface area contributed by atoms with Crippen molar-refractivity contribution in [2.24, 2.45) is 0 Å². The van der Waals surface area contributed by atoms with Crippen LogP contribution in [-0.4, -0.2) is 16.6 Å². The van der Waals surface area contributed by atoms with Gasteiger partial charge in [0.25, 0.3) is 5.69 Å². The van der Waals surface area contributed by atoms with Crippen LogP contribution in [0.4, 0.5) is 11.4 Å². The van der Waals surface area contributed by atoms with Crippen molar-refractivity contribution >= 4 is 33.8 Å². The van der Waals surface area contributed by atoms with E-state index in [1.54, 1.807) is 30.3 Å². The van der Waals surface area contributed by atoms with Crippen LogP contribution in [0.2, 0.25) is 0 Å². The van der Waals surface area contributed by atoms with Gasteiger partial charge in [0.05, 0.1) is 22.6 Å². The number of fused-ring (bicyclic) bond motifs is 1. The molecule has 152 valence electrons. The van der Waals surface area contributed by atoms with E-state index in [1.165, 1.54) is 18.2 Å². The molecule has 6 heteroatoms. The van der Waals surface area contributed by atoms with Crippen LogP contribution in [0.5, 0.6) is 0 Å². The summed E-state index contributed by atoms with van der Waals surface area (Å²) in [5.74, 6) is -0.712. The van der Waals surface area contributed by atoms with Crippen LogP contribution in [0.15, 0.2) is 91.0 Å². The van der Waals surface area contributed by atoms with Gasteiger partial charge in [0.2, 0.25) is 5.91 Å². The molecule has 0 aromatic heterocycles. The topological polar surface area (TPSA) is 89.3 Å². The number of hydrogen-bond acceptors (Lipinski definition) is 4. The first-order valence-corrected chi connectivity index (χ1v) is 9.67. The van der Waals surface area contributed by atoms with Gasteiger partial charge in [0, 0.05) is 17.7 Å². The monoisotopic (exact) mass is 410 g/mol. The third kappa shape index (κ3) is 4.48. The largest absolute Gasteiger partial charge is 0.325 e. The fraction of sp³-hybridized carbons (Fsp3) is 0.0400. The number of non-ortho nitro benzene ring substituents is 1. The average Bonchev–Trinajstić information content (AvgIpc) is 2.79. The molecule has 0 spiro atoms. The summed E-state index contributed by atoms with van der Waals surface area (Å²) in [6.07, 6.45) is 0.112. The van der Waals surface area contributed by atoms with Crippen molar-refractivity contribution < 1.29 is 14.5 Å². The van der Waals surface area contributed by atoms with Gasteiger partial charge in [-0.2, -0.15) is 0 Å². The quantitative estimate of drug-likeness (QED) is 0.270. The third-order valence-electron chi connectivity index (χ3n) is 4.95. The number of anilines is 1. The lowest BCUT2D eigenvalue weighted by atomic mass is 10.0. The van der Waals surface area contributed by atoms with Gasteiger partial charge in [0.1, 0.15) is 0 Å². The Labute approximate surface area is 178 Å². The molecule has 4 rings (SSSR count). The number of hydrogen-bond donors (Lipinski definition) is 1. The Hall–Kier alpha value is -4.32. The van der Waals surface area contributed by atoms with Gasteiger partial charge < -0.3 is 5.32 Å². The van der Waals surface area contributed by atoms with Crippen molar-refractivity contribution in [2.75, 3.05) is 5.32 Å². The lowest BCUT2D eigenvalue weighted by Gasteiger charge is -2.11. The minimum atomic E-state index is -0.567. The first-order valence-electron chi connectivity index (χ1n) is 9.67. The molecule has 0 saturated carbocycles. The molecule has 0 saturated heterocycles. The van der Waals surface area contributed by atoms with Crippen molar-refractivity contribution in [2.45, 2.75) is 6.42 Å². The SMILES string of the molecule is O=C(Cc1ccc2ccccc2c1)Nc1ccc([N+](=O)[O-])cc1C(=O)c1ccccc1. The summed E-state index contributed by atoms with van der Waals surface area (Å²) in [6, 6.07) is 26.0. The van der Waals surface area contributed by atoms with Gasteiger partial charge in [-0.3, -0.25) is 19.7 Å². The smallest absolute Gasteiger partial charge is 0.270 e. The Morgan fingerprint density at radius 3 is 2.26 bits per heavy atom. The summed E-state index contributed by atoms with van der Waals surface area (Å²) in [5.41, 5.74) is 1.31. The fourth-order valence-electron chi connectivity index (χ4n) is 3.42. The van der Waals surface area contributed by atoms with Crippen LogP contribution >= 0.6 is 0 Å². The molecule has 0 unspecified atom stereocenters. The zero-order chi connectivity index (χ0) is 21.8. The van der Waals surface area contributed by atoms with E-state index in [-0.39, 0.29) is 29.3 Å². The highest BCUT2D eigenvalue weighted by Gasteiger charge is 2.19. The second-order valence-electron chi connectivity index (χ2n) is 7.09. The lowest BCUT2D eigenvalue weighted by molar-refractivity contribution is -0.384. The van der Waals surface area contributed by atoms with Gasteiger partial charge in [-0.05, 0) is 22.4 Å². The molecule has 0 heterocycles. The van der Waals surface area contributed by atoms with E-state index in [0.29, 0.717) is 5.56 Å². The summed E-state index contributed by atoms with van der Waals surface area (Å²) >= 11 is 0. The van der Waals surface area contributed by atoms with E-state index >= 15 is 0 Å². The molecule has 0 atom stereocenters. The standard InChI is InChI=1S/C25H18N2O4/c28-24(15-17-10-11-18-6-4-5-9-20(18)14-17)26-23-13-12-21(27(30)31)16-22(23)25(29)19-7-2-1-3-8-19/h1-14,16H,15H2,(H,26,28). The minimum absolute atomic E-state index is 0.0762. The second-order valence-corrected chi connectivity index (χ2v) is 7.09. The molecule has 31 heavy (non-hydrogen) atoms. The molecule has 0 fully saturated rings. The maximum Gasteiger partial charge on any atom is 0.270 e. The number of nitro benzene ring substituents is 1. The summed E-state index contributed by atoms with van der Waals surface area (Å²) in [4.78, 5) is 36.3. The molecule has 6 nitrogen and oxygen atoms in total. The van der Waals surface area contributed by atoms with Crippen molar-refractivity contribution in [3.63, 3.8) is 0 Å². The van der Waals surface area contributed by atoms with Gasteiger partial charge in [-0.1, -0.05) is 72.8 Å². The maximum absolute atomic E-state index is 13.0. The molecular weight excluding hydrogens is 392 g/mol. The third-order valence-corrected chi connectivity index (χ3v) is 4.95. The van der Waals surface area contributed by atoms with Gasteiger partial charge in [-0.25, -0.2) is 0 Å². The van der Waals surface area contributed by atoms with Crippen molar-refractivity contribution in [1.82, 2.24) is 0 Å². The molecule has 1 N–H and O–H groups in total. The molecule has 0 bridgehead atoms. The zero-order valence-corrected chi connectivity index (χ0v) is 16.4. The van der Waals surface area contributed by atoms with Crippen molar-refractivity contribution in [3.05, 3.63) is 118 Å². The zero-order valence-electron chi connectivity index (χ0n) is 16.4. The van der Waals surface area contributed by atoms with E-state index in [0.717, 1.165) is 16.3 Å². The molecule has 4 aromatic carbocycles. The summed E-state index contributed by atoms with van der Waals surface area (Å²) in [6.45, 7) is 0. The number of rotatable bonds is 6. The molecular formula is C25H18N2O4. The Balaban J connectivity index is 1.61. The van der Waals surface area contributed by atoms with Crippen molar-refractivity contribution in [3.8, 4) is 0 Å². The highest BCUT2D eigenvalue weighted by atomic mass is 16.6. The number of carbonyl (C=O) groups excluding carboxylic acids is 2. The Bertz CT molecular complexity index is 1300. The fourth-order valence-corrected chi connectivity index (χ4v) is 3.42. The second kappa shape index (κ2) is 8.59. The number of amides is 1. The number of ketones is 1. The number of nitro groups is 1. The number of benzene rings is 4. The van der Waals surface area contributed by atoms with Crippen LogP contribution in [0.25, 0.3) is 10.8 Å². The van der Waals surface area contributed by atoms with E-state index < -0.39 is 10.7 Å². The number of nitrogens with zero attached hydrogens (tertiary/aromatic N) is 1. The predicted octanol–water partition coefficient (Wildman–Crippen LogP) is 5.16. The molecule has 0 aliphatic carbocycles. The maximum atomic E-state index is 13.0. The van der Waals surface area contributed by atoms with Crippen molar-refractivity contribution in [1.29, 1.82) is 0 Å². The molecule has 4 aromatic rings. The van der Waals surface area contributed by atoms with Crippen LogP contribution in [-0.2, 0) is 11.2 Å². The first kappa shape index (κ1) is 20.0. The van der Waals surface area contributed by atoms with E-state index in [2.05, 4.69) is 5.32 Å². The van der Waals surface area contributed by atoms with E-state index in [9.17, 15) is 19.7 Å². The molecule has 0 radical (unpaired) electrons. The molecule has 1 amide bonds. The van der Waals surface area contributed by atoms with Gasteiger partial charge >= 0.3 is 0 Å². The lowest BCUT2D eigenvalue weighted by Crippen LogP contribution is -2.17. The minimum Gasteiger partial charge on any atom is -0.325 e. The summed E-state index contributed by atoms with van der Waals surface area (Å²) < 4.78 is 0. The van der Waals surface area contributed by atoms with Gasteiger partial charge in [-0.15, -0.1) is 0 Å². The van der Waals surface area contributed by atoms with Crippen LogP contribution in [0.1, 0.15) is 21.5 Å². The molecule has 0 aliphatic rings. The normalized spacial score (nSPS) is 10.6. The highest BCUT2D eigenvalue weighted by molar-refractivity contribution is 6.14. The molecule has 0 aliphatic heterocycles. The number of nitrogens with one attached hydrogen (secondary N) is 1. The predicted molar refractivity (Wildman–Crippen MR) is 119 cm³/mol. The van der Waals surface area contributed by atoms with E-state index in [4.69, 9.17) is 0 Å². The Kier molecular flexibility index (Phi) is 5.53. The summed E-state index contributed by atoms with van der Waals surface area (Å²) in [5, 5.41) is 16.1. The number of carbonyl (C=O) groups is 2. The summed E-state index contributed by atoms with van der Waals surface area (Å²) in [7, 11) is 0. The average molecular weight is 410 g/mol. The van der Waals surface area contributed by atoms with Crippen LogP contribution in [0, 0.1) is 10.1 Å². The first-order chi connectivity index (χ1) is 15.0. The Morgan fingerprint density at radius 1 is 0.806 bits per heavy atom. The van der Waals surface area contributed by atoms with E-state index in [1.807, 2.05) is 42.5 Å².